The highest BCUT2D eigenvalue weighted by Crippen LogP contribution is 2.35. The molecule has 1 nitrogen and oxygen atoms in total. The molecule has 1 heterocycles. The molecule has 0 radical (unpaired) electrons. The highest BCUT2D eigenvalue weighted by atomic mass is 14.7. The third-order valence-corrected chi connectivity index (χ3v) is 8.88. The van der Waals surface area contributed by atoms with Crippen molar-refractivity contribution in [3.63, 3.8) is 0 Å². The molecule has 46 heavy (non-hydrogen) atoms. The zero-order valence-corrected chi connectivity index (χ0v) is 26.9. The van der Waals surface area contributed by atoms with E-state index in [1.165, 1.54) is 61.2 Å². The van der Waals surface area contributed by atoms with Crippen molar-refractivity contribution in [2.75, 3.05) is 0 Å². The van der Waals surface area contributed by atoms with Crippen molar-refractivity contribution >= 4 is 0 Å². The van der Waals surface area contributed by atoms with Crippen LogP contribution in [0.4, 0.5) is 0 Å². The summed E-state index contributed by atoms with van der Waals surface area (Å²) in [5.41, 5.74) is 18.9. The van der Waals surface area contributed by atoms with Crippen molar-refractivity contribution in [2.24, 2.45) is 0 Å². The zero-order valence-electron chi connectivity index (χ0n) is 26.9. The summed E-state index contributed by atoms with van der Waals surface area (Å²) in [5, 5.41) is 0. The number of hydrogen-bond acceptors (Lipinski definition) is 1. The van der Waals surface area contributed by atoms with Gasteiger partial charge >= 0.3 is 0 Å². The average Bonchev–Trinajstić information content (AvgIpc) is 3.11. The zero-order chi connectivity index (χ0) is 31.6. The van der Waals surface area contributed by atoms with E-state index in [9.17, 15) is 0 Å². The molecule has 0 aliphatic heterocycles. The fraction of sp³-hybridized carbons (Fsp3) is 0.0889. The van der Waals surface area contributed by atoms with Gasteiger partial charge in [0, 0.05) is 11.1 Å². The van der Waals surface area contributed by atoms with Gasteiger partial charge in [-0.05, 0) is 108 Å². The number of rotatable bonds is 6. The molecule has 7 aromatic rings. The molecular weight excluding hydrogens is 555 g/mol. The van der Waals surface area contributed by atoms with Gasteiger partial charge in [-0.15, -0.1) is 0 Å². The van der Waals surface area contributed by atoms with E-state index in [-0.39, 0.29) is 0 Å². The van der Waals surface area contributed by atoms with Gasteiger partial charge in [-0.3, -0.25) is 0 Å². The number of nitrogens with zero attached hydrogens (tertiary/aromatic N) is 1. The van der Waals surface area contributed by atoms with Gasteiger partial charge in [0.1, 0.15) is 0 Å². The molecule has 0 fully saturated rings. The van der Waals surface area contributed by atoms with Crippen LogP contribution in [-0.4, -0.2) is 4.98 Å². The molecule has 1 aromatic heterocycles. The predicted octanol–water partition coefficient (Wildman–Crippen LogP) is 12.3. The summed E-state index contributed by atoms with van der Waals surface area (Å²) in [5.74, 6) is 0. The monoisotopic (exact) mass is 591 g/mol. The van der Waals surface area contributed by atoms with Crippen molar-refractivity contribution in [1.82, 2.24) is 4.98 Å². The maximum absolute atomic E-state index is 5.31. The van der Waals surface area contributed by atoms with Gasteiger partial charge in [-0.25, -0.2) is 4.98 Å². The summed E-state index contributed by atoms with van der Waals surface area (Å²) in [6, 6.07) is 54.8. The maximum Gasteiger partial charge on any atom is 0.0715 e. The van der Waals surface area contributed by atoms with E-state index in [1.807, 2.05) is 0 Å². The number of pyridine rings is 1. The van der Waals surface area contributed by atoms with Crippen LogP contribution < -0.4 is 0 Å². The van der Waals surface area contributed by atoms with Crippen molar-refractivity contribution in [1.29, 1.82) is 0 Å². The summed E-state index contributed by atoms with van der Waals surface area (Å²) in [6.07, 6.45) is 0. The lowest BCUT2D eigenvalue weighted by atomic mass is 9.94. The number of aromatic nitrogens is 1. The molecule has 0 aliphatic carbocycles. The maximum atomic E-state index is 5.31. The Morgan fingerprint density at radius 1 is 0.304 bits per heavy atom. The molecule has 0 aliphatic rings. The van der Waals surface area contributed by atoms with Crippen LogP contribution in [0, 0.1) is 27.7 Å². The lowest BCUT2D eigenvalue weighted by molar-refractivity contribution is 1.32. The Kier molecular flexibility index (Phi) is 7.91. The lowest BCUT2D eigenvalue weighted by Gasteiger charge is -2.14. The first-order valence-corrected chi connectivity index (χ1v) is 16.0. The standard InChI is InChI=1S/C45H37N/c1-30-16-18-32(3)42(24-30)37-12-8-14-39(26-37)44-28-41(36-22-20-35(21-23-36)34-10-6-5-7-11-34)29-45(46-44)40-15-9-13-38(27-40)43-25-31(2)17-19-33(43)4/h5-29H,1-4H3. The lowest BCUT2D eigenvalue weighted by Crippen LogP contribution is -1.93. The van der Waals surface area contributed by atoms with Gasteiger partial charge in [0.25, 0.3) is 0 Å². The fourth-order valence-corrected chi connectivity index (χ4v) is 6.26. The summed E-state index contributed by atoms with van der Waals surface area (Å²) >= 11 is 0. The largest absolute Gasteiger partial charge is 0.248 e. The van der Waals surface area contributed by atoms with Crippen molar-refractivity contribution in [2.45, 2.75) is 27.7 Å². The smallest absolute Gasteiger partial charge is 0.0715 e. The van der Waals surface area contributed by atoms with E-state index >= 15 is 0 Å². The van der Waals surface area contributed by atoms with Crippen LogP contribution in [0.1, 0.15) is 22.3 Å². The first-order valence-electron chi connectivity index (χ1n) is 16.0. The van der Waals surface area contributed by atoms with E-state index < -0.39 is 0 Å². The van der Waals surface area contributed by atoms with Gasteiger partial charge in [0.2, 0.25) is 0 Å². The summed E-state index contributed by atoms with van der Waals surface area (Å²) in [6.45, 7) is 8.67. The van der Waals surface area contributed by atoms with Crippen LogP contribution in [0.15, 0.2) is 152 Å². The molecule has 0 saturated heterocycles. The molecule has 0 N–H and O–H groups in total. The Balaban J connectivity index is 1.37. The highest BCUT2D eigenvalue weighted by molar-refractivity contribution is 5.82. The molecular formula is C45H37N. The van der Waals surface area contributed by atoms with Gasteiger partial charge in [-0.2, -0.15) is 0 Å². The Bertz CT molecular complexity index is 2060. The van der Waals surface area contributed by atoms with E-state index in [1.54, 1.807) is 0 Å². The SMILES string of the molecule is Cc1ccc(C)c(-c2cccc(-c3cc(-c4ccc(-c5ccccc5)cc4)cc(-c4cccc(-c5cc(C)ccc5C)c4)n3)c2)c1. The van der Waals surface area contributed by atoms with Crippen LogP contribution in [0.25, 0.3) is 67.0 Å². The van der Waals surface area contributed by atoms with Gasteiger partial charge < -0.3 is 0 Å². The van der Waals surface area contributed by atoms with E-state index in [0.717, 1.165) is 28.1 Å². The molecule has 222 valence electrons. The predicted molar refractivity (Wildman–Crippen MR) is 196 cm³/mol. The molecule has 1 heteroatoms. The molecule has 0 atom stereocenters. The molecule has 7 rings (SSSR count). The number of hydrogen-bond donors (Lipinski definition) is 0. The first kappa shape index (κ1) is 29.2. The van der Waals surface area contributed by atoms with E-state index in [0.29, 0.717) is 0 Å². The molecule has 0 amide bonds. The van der Waals surface area contributed by atoms with Crippen molar-refractivity contribution < 1.29 is 0 Å². The van der Waals surface area contributed by atoms with Crippen molar-refractivity contribution in [3.05, 3.63) is 174 Å². The van der Waals surface area contributed by atoms with Gasteiger partial charge in [-0.1, -0.05) is 139 Å². The Morgan fingerprint density at radius 3 is 1.22 bits per heavy atom. The normalized spacial score (nSPS) is 11.0. The van der Waals surface area contributed by atoms with Gasteiger partial charge in [0.05, 0.1) is 11.4 Å². The number of aryl methyl sites for hydroxylation is 4. The van der Waals surface area contributed by atoms with Gasteiger partial charge in [0.15, 0.2) is 0 Å². The second-order valence-corrected chi connectivity index (χ2v) is 12.4. The Labute approximate surface area is 272 Å². The van der Waals surface area contributed by atoms with Crippen LogP contribution >= 0.6 is 0 Å². The quantitative estimate of drug-likeness (QED) is 0.187. The third-order valence-electron chi connectivity index (χ3n) is 8.88. The van der Waals surface area contributed by atoms with Crippen molar-refractivity contribution in [3.8, 4) is 67.0 Å². The third kappa shape index (κ3) is 6.05. The molecule has 0 bridgehead atoms. The summed E-state index contributed by atoms with van der Waals surface area (Å²) in [4.78, 5) is 5.31. The molecule has 0 spiro atoms. The topological polar surface area (TPSA) is 12.9 Å². The minimum absolute atomic E-state index is 0.962. The second kappa shape index (κ2) is 12.5. The summed E-state index contributed by atoms with van der Waals surface area (Å²) < 4.78 is 0. The van der Waals surface area contributed by atoms with E-state index in [4.69, 9.17) is 4.98 Å². The number of benzene rings is 6. The van der Waals surface area contributed by atoms with Crippen LogP contribution in [-0.2, 0) is 0 Å². The minimum atomic E-state index is 0.962. The fourth-order valence-electron chi connectivity index (χ4n) is 6.26. The second-order valence-electron chi connectivity index (χ2n) is 12.4. The van der Waals surface area contributed by atoms with Crippen LogP contribution in [0.5, 0.6) is 0 Å². The Hall–Kier alpha value is -5.53. The minimum Gasteiger partial charge on any atom is -0.248 e. The summed E-state index contributed by atoms with van der Waals surface area (Å²) in [7, 11) is 0. The first-order chi connectivity index (χ1) is 22.4. The van der Waals surface area contributed by atoms with Crippen LogP contribution in [0.2, 0.25) is 0 Å². The molecule has 6 aromatic carbocycles. The average molecular weight is 592 g/mol. The molecule has 0 unspecified atom stereocenters. The Morgan fingerprint density at radius 2 is 0.717 bits per heavy atom. The van der Waals surface area contributed by atoms with E-state index in [2.05, 4.69) is 179 Å². The molecule has 0 saturated carbocycles. The highest BCUT2D eigenvalue weighted by Gasteiger charge is 2.13. The van der Waals surface area contributed by atoms with Crippen LogP contribution in [0.3, 0.4) is 0 Å².